The predicted octanol–water partition coefficient (Wildman–Crippen LogP) is 2.90. The van der Waals surface area contributed by atoms with Crippen molar-refractivity contribution in [3.63, 3.8) is 0 Å². The molecule has 60 valence electrons. The molecule has 0 aliphatic carbocycles. The van der Waals surface area contributed by atoms with Crippen molar-refractivity contribution in [2.24, 2.45) is 0 Å². The Morgan fingerprint density at radius 2 is 1.40 bits per heavy atom. The van der Waals surface area contributed by atoms with Gasteiger partial charge in [0.15, 0.2) is 0 Å². The highest BCUT2D eigenvalue weighted by molar-refractivity contribution is 6.08. The maximum atomic E-state index is 2.27. The molecule has 0 fully saturated rings. The van der Waals surface area contributed by atoms with Crippen molar-refractivity contribution < 1.29 is 1.43 Å². The average molecular weight is 141 g/mol. The van der Waals surface area contributed by atoms with Crippen molar-refractivity contribution in [2.75, 3.05) is 0 Å². The van der Waals surface area contributed by atoms with E-state index in [-0.39, 0.29) is 1.43 Å². The Labute approximate surface area is 68.3 Å². The van der Waals surface area contributed by atoms with E-state index in [1.54, 1.807) is 0 Å². The molecule has 0 bridgehead atoms. The molecule has 1 heteroatoms. The fourth-order valence-electron chi connectivity index (χ4n) is 1.21. The van der Waals surface area contributed by atoms with E-state index in [4.69, 9.17) is 0 Å². The zero-order valence-corrected chi connectivity index (χ0v) is 7.66. The third-order valence-corrected chi connectivity index (χ3v) is 1.96. The van der Waals surface area contributed by atoms with Gasteiger partial charge in [-0.2, -0.15) is 0 Å². The van der Waals surface area contributed by atoms with E-state index in [2.05, 4.69) is 14.8 Å². The van der Waals surface area contributed by atoms with Crippen molar-refractivity contribution in [1.29, 1.82) is 0 Å². The van der Waals surface area contributed by atoms with Crippen LogP contribution in [0.25, 0.3) is 0 Å². The molecule has 0 atom stereocenters. The lowest BCUT2D eigenvalue weighted by Gasteiger charge is -1.97. The van der Waals surface area contributed by atoms with Crippen LogP contribution in [0.4, 0.5) is 0 Å². The Bertz CT molecular complexity index is 49.5. The molecule has 0 aromatic heterocycles. The van der Waals surface area contributed by atoms with Crippen LogP contribution in [0.3, 0.4) is 0 Å². The fraction of sp³-hybridized carbons (Fsp3) is 1.00. The Morgan fingerprint density at radius 1 is 0.900 bits per heavy atom. The highest BCUT2D eigenvalue weighted by Crippen LogP contribution is 2.07. The molecule has 0 N–H and O–H groups in total. The van der Waals surface area contributed by atoms with Crippen LogP contribution < -0.4 is 0 Å². The topological polar surface area (TPSA) is 0 Å². The largest absolute Gasteiger partial charge is 1.00 e. The van der Waals surface area contributed by atoms with Crippen LogP contribution in [0.5, 0.6) is 0 Å². The van der Waals surface area contributed by atoms with Crippen LogP contribution >= 0.6 is 0 Å². The summed E-state index contributed by atoms with van der Waals surface area (Å²) in [6.07, 6.45) is 11.5. The highest BCUT2D eigenvalue weighted by atomic mass is 13.9. The summed E-state index contributed by atoms with van der Waals surface area (Å²) in [6.45, 7) is 2.27. The summed E-state index contributed by atoms with van der Waals surface area (Å²) < 4.78 is 0. The Morgan fingerprint density at radius 3 is 1.90 bits per heavy atom. The fourth-order valence-corrected chi connectivity index (χ4v) is 1.21. The normalized spacial score (nSPS) is 10.1. The molecular weight excluding hydrogens is 119 g/mol. The van der Waals surface area contributed by atoms with E-state index in [9.17, 15) is 0 Å². The van der Waals surface area contributed by atoms with E-state index < -0.39 is 0 Å². The van der Waals surface area contributed by atoms with Crippen LogP contribution in [-0.2, 0) is 0 Å². The lowest BCUT2D eigenvalue weighted by Crippen LogP contribution is -1.78. The second-order valence-electron chi connectivity index (χ2n) is 3.12. The molecule has 0 saturated carbocycles. The van der Waals surface area contributed by atoms with Gasteiger partial charge < -0.3 is 0 Å². The number of unbranched alkanes of at least 4 members (excludes halogenated alkanes) is 6. The summed E-state index contributed by atoms with van der Waals surface area (Å²) in [5.41, 5.74) is 0. The van der Waals surface area contributed by atoms with E-state index in [1.165, 1.54) is 51.3 Å². The highest BCUT2D eigenvalue weighted by Gasteiger charge is 1.87. The number of hydrogen-bond acceptors (Lipinski definition) is 0. The summed E-state index contributed by atoms with van der Waals surface area (Å²) in [5.74, 6) is 0. The van der Waals surface area contributed by atoms with Crippen LogP contribution in [0.1, 0.15) is 53.3 Å². The second-order valence-corrected chi connectivity index (χ2v) is 3.12. The Balaban J connectivity index is 0. The molecule has 0 aliphatic heterocycles. The van der Waals surface area contributed by atoms with Gasteiger partial charge in [-0.3, -0.25) is 0 Å². The quantitative estimate of drug-likeness (QED) is 0.377. The minimum atomic E-state index is 0. The molecule has 0 spiro atoms. The maximum absolute atomic E-state index is 2.27. The first-order valence-corrected chi connectivity index (χ1v) is 4.91. The smallest absolute Gasteiger partial charge is 0.0811 e. The van der Waals surface area contributed by atoms with Gasteiger partial charge in [0.05, 0.1) is 0 Å². The average Bonchev–Trinajstić information content (AvgIpc) is 1.97. The van der Waals surface area contributed by atoms with E-state index in [0.29, 0.717) is 0 Å². The van der Waals surface area contributed by atoms with Gasteiger partial charge in [0.2, 0.25) is 0 Å². The van der Waals surface area contributed by atoms with E-state index >= 15 is 0 Å². The molecule has 0 aromatic rings. The summed E-state index contributed by atoms with van der Waals surface area (Å²) in [4.78, 5) is 0. The SMILES string of the molecule is BCCCCCCCCC.[H+]. The molecule has 0 saturated heterocycles. The van der Waals surface area contributed by atoms with Crippen molar-refractivity contribution >= 4 is 7.85 Å². The molecule has 0 rings (SSSR count). The standard InChI is InChI=1S/C9H21B/c1-2-3-4-5-6-7-8-9-10/h2-10H2,1H3/p+1. The van der Waals surface area contributed by atoms with Crippen LogP contribution in [-0.4, -0.2) is 7.85 Å². The Hall–Kier alpha value is 0.0649. The van der Waals surface area contributed by atoms with Crippen molar-refractivity contribution in [1.82, 2.24) is 0 Å². The van der Waals surface area contributed by atoms with Gasteiger partial charge in [-0.25, -0.2) is 0 Å². The minimum Gasteiger partial charge on any atom is -0.0811 e. The first-order chi connectivity index (χ1) is 4.91. The lowest BCUT2D eigenvalue weighted by molar-refractivity contribution is 0.602. The third kappa shape index (κ3) is 8.06. The molecule has 0 heterocycles. The van der Waals surface area contributed by atoms with Crippen molar-refractivity contribution in [3.8, 4) is 0 Å². The molecule has 0 unspecified atom stereocenters. The van der Waals surface area contributed by atoms with E-state index in [0.717, 1.165) is 0 Å². The summed E-state index contributed by atoms with van der Waals surface area (Å²) >= 11 is 0. The zero-order valence-electron chi connectivity index (χ0n) is 8.66. The van der Waals surface area contributed by atoms with Crippen LogP contribution in [0, 0.1) is 0 Å². The number of hydrogen-bond donors (Lipinski definition) is 0. The summed E-state index contributed by atoms with van der Waals surface area (Å²) in [6, 6.07) is 0. The molecule has 10 heavy (non-hydrogen) atoms. The first kappa shape index (κ1) is 10.1. The monoisotopic (exact) mass is 141 g/mol. The van der Waals surface area contributed by atoms with Crippen molar-refractivity contribution in [2.45, 2.75) is 58.2 Å². The zero-order chi connectivity index (χ0) is 7.66. The molecule has 0 radical (unpaired) electrons. The predicted molar refractivity (Wildman–Crippen MR) is 52.5 cm³/mol. The van der Waals surface area contributed by atoms with Gasteiger partial charge in [0.1, 0.15) is 7.85 Å². The molecular formula is C9H22B+. The second kappa shape index (κ2) is 9.06. The van der Waals surface area contributed by atoms with Crippen LogP contribution in [0.15, 0.2) is 0 Å². The van der Waals surface area contributed by atoms with Gasteiger partial charge in [-0.05, 0) is 0 Å². The molecule has 0 amide bonds. The number of rotatable bonds is 7. The molecule has 0 nitrogen and oxygen atoms in total. The summed E-state index contributed by atoms with van der Waals surface area (Å²) in [7, 11) is 2.27. The Kier molecular flexibility index (Phi) is 9.12. The van der Waals surface area contributed by atoms with Crippen LogP contribution in [0.2, 0.25) is 6.32 Å². The maximum Gasteiger partial charge on any atom is 1.00 e. The van der Waals surface area contributed by atoms with Gasteiger partial charge in [0, 0.05) is 0 Å². The molecule has 0 aromatic carbocycles. The van der Waals surface area contributed by atoms with Gasteiger partial charge in [-0.15, -0.1) is 0 Å². The minimum absolute atomic E-state index is 0. The van der Waals surface area contributed by atoms with Crippen molar-refractivity contribution in [3.05, 3.63) is 0 Å². The van der Waals surface area contributed by atoms with Gasteiger partial charge in [-0.1, -0.05) is 58.2 Å². The van der Waals surface area contributed by atoms with E-state index in [1.807, 2.05) is 0 Å². The molecule has 0 aliphatic rings. The lowest BCUT2D eigenvalue weighted by atomic mass is 9.98. The van der Waals surface area contributed by atoms with Gasteiger partial charge >= 0.3 is 1.43 Å². The third-order valence-electron chi connectivity index (χ3n) is 1.96. The van der Waals surface area contributed by atoms with Gasteiger partial charge in [0.25, 0.3) is 0 Å². The first-order valence-electron chi connectivity index (χ1n) is 4.91. The summed E-state index contributed by atoms with van der Waals surface area (Å²) in [5, 5.41) is 0.